The Kier molecular flexibility index (Phi) is 7.96. The van der Waals surface area contributed by atoms with Gasteiger partial charge in [-0.15, -0.1) is 0 Å². The molecule has 3 N–H and O–H groups in total. The van der Waals surface area contributed by atoms with E-state index in [4.69, 9.17) is 0 Å². The molecule has 122 valence electrons. The third-order valence-electron chi connectivity index (χ3n) is 2.97. The molecule has 0 aliphatic heterocycles. The van der Waals surface area contributed by atoms with E-state index in [-0.39, 0.29) is 18.3 Å². The molecule has 1 aromatic rings. The minimum atomic E-state index is -0.217. The highest BCUT2D eigenvalue weighted by Gasteiger charge is 2.03. The zero-order valence-corrected chi connectivity index (χ0v) is 13.5. The molecule has 0 aromatic heterocycles. The Morgan fingerprint density at radius 3 is 2.64 bits per heavy atom. The molecule has 5 nitrogen and oxygen atoms in total. The summed E-state index contributed by atoms with van der Waals surface area (Å²) in [6.07, 6.45) is 0.907. The Bertz CT molecular complexity index is 517. The minimum absolute atomic E-state index is 0.0647. The summed E-state index contributed by atoms with van der Waals surface area (Å²) in [5.41, 5.74) is 1.52. The Morgan fingerprint density at radius 2 is 2.00 bits per heavy atom. The summed E-state index contributed by atoms with van der Waals surface area (Å²) in [4.78, 5) is 16.0. The van der Waals surface area contributed by atoms with Gasteiger partial charge in [0, 0.05) is 13.1 Å². The van der Waals surface area contributed by atoms with Crippen LogP contribution in [0, 0.1) is 12.7 Å². The zero-order valence-electron chi connectivity index (χ0n) is 13.5. The zero-order chi connectivity index (χ0) is 16.4. The van der Waals surface area contributed by atoms with Crippen LogP contribution in [-0.4, -0.2) is 31.5 Å². The molecule has 0 aliphatic carbocycles. The van der Waals surface area contributed by atoms with Crippen LogP contribution in [0.1, 0.15) is 31.4 Å². The number of carbonyl (C=O) groups excluding carboxylic acids is 1. The van der Waals surface area contributed by atoms with E-state index in [0.717, 1.165) is 12.0 Å². The van der Waals surface area contributed by atoms with E-state index in [9.17, 15) is 9.18 Å². The van der Waals surface area contributed by atoms with Gasteiger partial charge in [-0.1, -0.05) is 19.1 Å². The summed E-state index contributed by atoms with van der Waals surface area (Å²) in [5.74, 6) is 0.284. The molecular formula is C16H25FN4O. The predicted molar refractivity (Wildman–Crippen MR) is 87.3 cm³/mol. The molecule has 6 heteroatoms. The van der Waals surface area contributed by atoms with Crippen molar-refractivity contribution >= 4 is 11.9 Å². The van der Waals surface area contributed by atoms with Gasteiger partial charge in [0.25, 0.3) is 0 Å². The van der Waals surface area contributed by atoms with Crippen molar-refractivity contribution in [1.82, 2.24) is 16.0 Å². The molecule has 0 bridgehead atoms. The van der Waals surface area contributed by atoms with Crippen LogP contribution in [-0.2, 0) is 11.3 Å². The van der Waals surface area contributed by atoms with Crippen LogP contribution in [0.3, 0.4) is 0 Å². The molecule has 0 radical (unpaired) electrons. The second kappa shape index (κ2) is 9.76. The number of amides is 1. The smallest absolute Gasteiger partial charge is 0.239 e. The average molecular weight is 308 g/mol. The van der Waals surface area contributed by atoms with E-state index in [2.05, 4.69) is 20.9 Å². The van der Waals surface area contributed by atoms with Gasteiger partial charge in [-0.25, -0.2) is 9.38 Å². The van der Waals surface area contributed by atoms with Crippen LogP contribution >= 0.6 is 0 Å². The molecule has 0 saturated heterocycles. The number of halogens is 1. The monoisotopic (exact) mass is 308 g/mol. The van der Waals surface area contributed by atoms with Gasteiger partial charge in [-0.05, 0) is 37.5 Å². The second-order valence-electron chi connectivity index (χ2n) is 4.98. The van der Waals surface area contributed by atoms with Crippen LogP contribution in [0.5, 0.6) is 0 Å². The number of benzene rings is 1. The van der Waals surface area contributed by atoms with Gasteiger partial charge < -0.3 is 16.0 Å². The summed E-state index contributed by atoms with van der Waals surface area (Å²) in [6, 6.07) is 4.93. The fourth-order valence-corrected chi connectivity index (χ4v) is 1.81. The van der Waals surface area contributed by atoms with Crippen molar-refractivity contribution in [3.63, 3.8) is 0 Å². The Balaban J connectivity index is 2.57. The highest BCUT2D eigenvalue weighted by molar-refractivity contribution is 5.86. The number of guanidine groups is 1. The molecular weight excluding hydrogens is 283 g/mol. The van der Waals surface area contributed by atoms with E-state index in [1.165, 1.54) is 6.07 Å². The number of aryl methyl sites for hydroxylation is 1. The van der Waals surface area contributed by atoms with Gasteiger partial charge in [0.2, 0.25) is 5.91 Å². The Morgan fingerprint density at radius 1 is 1.23 bits per heavy atom. The average Bonchev–Trinajstić information content (AvgIpc) is 2.51. The summed E-state index contributed by atoms with van der Waals surface area (Å²) in [5, 5.41) is 8.84. The SMILES string of the molecule is CCCNC(=O)CNC(=NCc1ccc(F)c(C)c1)NCC. The summed E-state index contributed by atoms with van der Waals surface area (Å²) >= 11 is 0. The first-order valence-electron chi connectivity index (χ1n) is 7.60. The maximum absolute atomic E-state index is 13.2. The van der Waals surface area contributed by atoms with Crippen molar-refractivity contribution in [2.45, 2.75) is 33.7 Å². The van der Waals surface area contributed by atoms with E-state index in [1.807, 2.05) is 13.8 Å². The predicted octanol–water partition coefficient (Wildman–Crippen LogP) is 1.72. The number of aliphatic imine (C=N–C) groups is 1. The summed E-state index contributed by atoms with van der Waals surface area (Å²) < 4.78 is 13.2. The van der Waals surface area contributed by atoms with Gasteiger partial charge in [-0.3, -0.25) is 4.79 Å². The van der Waals surface area contributed by atoms with Crippen LogP contribution in [0.4, 0.5) is 4.39 Å². The van der Waals surface area contributed by atoms with Gasteiger partial charge >= 0.3 is 0 Å². The largest absolute Gasteiger partial charge is 0.357 e. The van der Waals surface area contributed by atoms with E-state index in [1.54, 1.807) is 19.1 Å². The minimum Gasteiger partial charge on any atom is -0.357 e. The summed E-state index contributed by atoms with van der Waals surface area (Å²) in [6.45, 7) is 7.65. The van der Waals surface area contributed by atoms with E-state index in [0.29, 0.717) is 31.2 Å². The molecule has 0 spiro atoms. The number of hydrogen-bond donors (Lipinski definition) is 3. The second-order valence-corrected chi connectivity index (χ2v) is 4.98. The number of carbonyl (C=O) groups is 1. The van der Waals surface area contributed by atoms with Gasteiger partial charge in [-0.2, -0.15) is 0 Å². The molecule has 0 heterocycles. The van der Waals surface area contributed by atoms with Crippen molar-refractivity contribution in [1.29, 1.82) is 0 Å². The van der Waals surface area contributed by atoms with Crippen LogP contribution in [0.2, 0.25) is 0 Å². The highest BCUT2D eigenvalue weighted by atomic mass is 19.1. The molecule has 0 saturated carbocycles. The lowest BCUT2D eigenvalue weighted by Gasteiger charge is -2.11. The van der Waals surface area contributed by atoms with Crippen molar-refractivity contribution < 1.29 is 9.18 Å². The first kappa shape index (κ1) is 17.9. The van der Waals surface area contributed by atoms with Gasteiger partial charge in [0.1, 0.15) is 5.82 Å². The fraction of sp³-hybridized carbons (Fsp3) is 0.500. The molecule has 1 aromatic carbocycles. The highest BCUT2D eigenvalue weighted by Crippen LogP contribution is 2.09. The van der Waals surface area contributed by atoms with Crippen molar-refractivity contribution in [3.05, 3.63) is 35.1 Å². The van der Waals surface area contributed by atoms with Crippen LogP contribution in [0.25, 0.3) is 0 Å². The van der Waals surface area contributed by atoms with Crippen molar-refractivity contribution in [2.24, 2.45) is 4.99 Å². The Labute approximate surface area is 131 Å². The molecule has 0 aliphatic rings. The molecule has 1 amide bonds. The number of hydrogen-bond acceptors (Lipinski definition) is 2. The maximum atomic E-state index is 13.2. The quantitative estimate of drug-likeness (QED) is 0.531. The summed E-state index contributed by atoms with van der Waals surface area (Å²) in [7, 11) is 0. The topological polar surface area (TPSA) is 65.5 Å². The molecule has 0 unspecified atom stereocenters. The first-order chi connectivity index (χ1) is 10.6. The third-order valence-corrected chi connectivity index (χ3v) is 2.97. The van der Waals surface area contributed by atoms with Crippen molar-refractivity contribution in [3.8, 4) is 0 Å². The lowest BCUT2D eigenvalue weighted by atomic mass is 10.1. The van der Waals surface area contributed by atoms with Gasteiger partial charge in [0.15, 0.2) is 5.96 Å². The molecule has 0 atom stereocenters. The number of nitrogens with zero attached hydrogens (tertiary/aromatic N) is 1. The lowest BCUT2D eigenvalue weighted by molar-refractivity contribution is -0.120. The van der Waals surface area contributed by atoms with E-state index >= 15 is 0 Å². The van der Waals surface area contributed by atoms with Gasteiger partial charge in [0.05, 0.1) is 13.1 Å². The normalized spacial score (nSPS) is 11.2. The Hall–Kier alpha value is -2.11. The fourth-order valence-electron chi connectivity index (χ4n) is 1.81. The maximum Gasteiger partial charge on any atom is 0.239 e. The molecule has 22 heavy (non-hydrogen) atoms. The standard InChI is InChI=1S/C16H25FN4O/c1-4-8-19-15(22)11-21-16(18-5-2)20-10-13-6-7-14(17)12(3)9-13/h6-7,9H,4-5,8,10-11H2,1-3H3,(H,19,22)(H2,18,20,21). The van der Waals surface area contributed by atoms with Crippen LogP contribution < -0.4 is 16.0 Å². The molecule has 1 rings (SSSR count). The molecule has 0 fully saturated rings. The lowest BCUT2D eigenvalue weighted by Crippen LogP contribution is -2.43. The number of nitrogens with one attached hydrogen (secondary N) is 3. The van der Waals surface area contributed by atoms with E-state index < -0.39 is 0 Å². The first-order valence-corrected chi connectivity index (χ1v) is 7.60. The van der Waals surface area contributed by atoms with Crippen LogP contribution in [0.15, 0.2) is 23.2 Å². The third kappa shape index (κ3) is 6.56. The number of rotatable bonds is 7. The van der Waals surface area contributed by atoms with Crippen molar-refractivity contribution in [2.75, 3.05) is 19.6 Å².